The second kappa shape index (κ2) is 9.23. The Morgan fingerprint density at radius 1 is 1.07 bits per heavy atom. The minimum atomic E-state index is -1.50. The molecule has 5 atom stereocenters. The summed E-state index contributed by atoms with van der Waals surface area (Å²) in [4.78, 5) is 0. The molecular weight excluding hydrogens is 376 g/mol. The fourth-order valence-corrected chi connectivity index (χ4v) is 3.48. The SMILES string of the molecule is CCc1ccc(Cc2c(O[C@@H]3O[C@H](CO)[C@@H](O)[C@H](O)[C@H]3O)n[nH]c2C(C)C)cc1. The van der Waals surface area contributed by atoms with Crippen LogP contribution in [0.1, 0.15) is 49.1 Å². The molecule has 1 fully saturated rings. The molecule has 0 unspecified atom stereocenters. The van der Waals surface area contributed by atoms with Gasteiger partial charge in [-0.25, -0.2) is 0 Å². The highest BCUT2D eigenvalue weighted by molar-refractivity contribution is 5.38. The molecule has 1 aliphatic rings. The number of aryl methyl sites for hydroxylation is 1. The molecule has 0 bridgehead atoms. The van der Waals surface area contributed by atoms with Crippen molar-refractivity contribution in [2.75, 3.05) is 6.61 Å². The van der Waals surface area contributed by atoms with Gasteiger partial charge in [-0.1, -0.05) is 45.0 Å². The zero-order valence-electron chi connectivity index (χ0n) is 16.9. The van der Waals surface area contributed by atoms with Crippen molar-refractivity contribution >= 4 is 0 Å². The highest BCUT2D eigenvalue weighted by Crippen LogP contribution is 2.31. The van der Waals surface area contributed by atoms with Gasteiger partial charge in [0.05, 0.1) is 6.61 Å². The Morgan fingerprint density at radius 3 is 2.31 bits per heavy atom. The number of nitrogens with zero attached hydrogens (tertiary/aromatic N) is 1. The van der Waals surface area contributed by atoms with E-state index in [0.29, 0.717) is 6.42 Å². The van der Waals surface area contributed by atoms with Crippen LogP contribution in [0.2, 0.25) is 0 Å². The number of aromatic amines is 1. The second-order valence-corrected chi connectivity index (χ2v) is 7.74. The summed E-state index contributed by atoms with van der Waals surface area (Å²) in [5, 5.41) is 46.8. The number of nitrogens with one attached hydrogen (secondary N) is 1. The van der Waals surface area contributed by atoms with Crippen molar-refractivity contribution in [1.29, 1.82) is 0 Å². The summed E-state index contributed by atoms with van der Waals surface area (Å²) in [6, 6.07) is 8.30. The van der Waals surface area contributed by atoms with Gasteiger partial charge in [-0.05, 0) is 23.5 Å². The van der Waals surface area contributed by atoms with E-state index in [9.17, 15) is 20.4 Å². The molecule has 1 saturated heterocycles. The lowest BCUT2D eigenvalue weighted by Crippen LogP contribution is -2.60. The summed E-state index contributed by atoms with van der Waals surface area (Å²) in [5.74, 6) is 0.428. The van der Waals surface area contributed by atoms with Gasteiger partial charge in [-0.3, -0.25) is 5.10 Å². The molecule has 2 heterocycles. The number of aliphatic hydroxyl groups excluding tert-OH is 4. The minimum absolute atomic E-state index is 0.166. The Labute approximate surface area is 170 Å². The van der Waals surface area contributed by atoms with E-state index in [1.54, 1.807) is 0 Å². The van der Waals surface area contributed by atoms with Crippen molar-refractivity contribution in [3.05, 3.63) is 46.6 Å². The molecule has 8 nitrogen and oxygen atoms in total. The zero-order valence-corrected chi connectivity index (χ0v) is 16.9. The van der Waals surface area contributed by atoms with Crippen LogP contribution >= 0.6 is 0 Å². The molecule has 160 valence electrons. The Kier molecular flexibility index (Phi) is 6.92. The van der Waals surface area contributed by atoms with Crippen LogP contribution < -0.4 is 4.74 Å². The average molecular weight is 406 g/mol. The highest BCUT2D eigenvalue weighted by Gasteiger charge is 2.45. The fourth-order valence-electron chi connectivity index (χ4n) is 3.48. The molecule has 5 N–H and O–H groups in total. The molecule has 1 aliphatic heterocycles. The molecule has 0 saturated carbocycles. The topological polar surface area (TPSA) is 128 Å². The maximum Gasteiger partial charge on any atom is 0.238 e. The molecule has 2 aromatic rings. The van der Waals surface area contributed by atoms with Crippen molar-refractivity contribution in [2.45, 2.75) is 70.2 Å². The van der Waals surface area contributed by atoms with Gasteiger partial charge < -0.3 is 29.9 Å². The normalized spacial score (nSPS) is 27.4. The maximum absolute atomic E-state index is 10.3. The highest BCUT2D eigenvalue weighted by atomic mass is 16.7. The van der Waals surface area contributed by atoms with E-state index in [1.165, 1.54) is 5.56 Å². The number of hydrogen-bond donors (Lipinski definition) is 5. The third-order valence-corrected chi connectivity index (χ3v) is 5.33. The van der Waals surface area contributed by atoms with E-state index in [0.717, 1.165) is 23.2 Å². The van der Waals surface area contributed by atoms with Crippen molar-refractivity contribution < 1.29 is 29.9 Å². The zero-order chi connectivity index (χ0) is 21.1. The predicted octanol–water partition coefficient (Wildman–Crippen LogP) is 0.865. The van der Waals surface area contributed by atoms with Gasteiger partial charge in [0.15, 0.2) is 0 Å². The third-order valence-electron chi connectivity index (χ3n) is 5.33. The van der Waals surface area contributed by atoms with Crippen LogP contribution in [0.4, 0.5) is 0 Å². The van der Waals surface area contributed by atoms with Gasteiger partial charge in [0, 0.05) is 17.7 Å². The molecular formula is C21H30N2O6. The number of aliphatic hydroxyl groups is 4. The monoisotopic (exact) mass is 406 g/mol. The number of H-pyrrole nitrogens is 1. The number of aromatic nitrogens is 2. The van der Waals surface area contributed by atoms with E-state index in [-0.39, 0.29) is 11.8 Å². The van der Waals surface area contributed by atoms with Crippen LogP contribution in [0.3, 0.4) is 0 Å². The molecule has 1 aromatic heterocycles. The van der Waals surface area contributed by atoms with E-state index in [1.807, 2.05) is 13.8 Å². The first kappa shape index (κ1) is 21.7. The lowest BCUT2D eigenvalue weighted by Gasteiger charge is -2.39. The summed E-state index contributed by atoms with van der Waals surface area (Å²) < 4.78 is 11.3. The van der Waals surface area contributed by atoms with Gasteiger partial charge in [0.1, 0.15) is 24.4 Å². The van der Waals surface area contributed by atoms with Crippen LogP contribution in [0.25, 0.3) is 0 Å². The number of benzene rings is 1. The Hall–Kier alpha value is -1.97. The third kappa shape index (κ3) is 4.62. The summed E-state index contributed by atoms with van der Waals surface area (Å²) in [5.41, 5.74) is 4.08. The van der Waals surface area contributed by atoms with Crippen molar-refractivity contribution in [3.63, 3.8) is 0 Å². The Balaban J connectivity index is 1.85. The molecule has 1 aromatic carbocycles. The van der Waals surface area contributed by atoms with Gasteiger partial charge >= 0.3 is 0 Å². The van der Waals surface area contributed by atoms with Crippen LogP contribution in [0.15, 0.2) is 24.3 Å². The predicted molar refractivity (Wildman–Crippen MR) is 106 cm³/mol. The van der Waals surface area contributed by atoms with Crippen molar-refractivity contribution in [2.24, 2.45) is 0 Å². The Bertz CT molecular complexity index is 789. The van der Waals surface area contributed by atoms with E-state index >= 15 is 0 Å². The quantitative estimate of drug-likeness (QED) is 0.461. The number of ether oxygens (including phenoxy) is 2. The summed E-state index contributed by atoms with van der Waals surface area (Å²) >= 11 is 0. The van der Waals surface area contributed by atoms with Crippen LogP contribution in [0.5, 0.6) is 5.88 Å². The maximum atomic E-state index is 10.3. The first-order valence-corrected chi connectivity index (χ1v) is 9.97. The standard InChI is InChI=1S/C21H30N2O6/c1-4-12-5-7-13(8-6-12)9-14-16(11(2)3)22-23-20(14)29-21-19(27)18(26)17(25)15(10-24)28-21/h5-8,11,15,17-19,21,24-27H,4,9-10H2,1-3H3,(H,22,23)/t15-,17-,18+,19-,21+/m1/s1. The molecule has 29 heavy (non-hydrogen) atoms. The van der Waals surface area contributed by atoms with Gasteiger partial charge in [0.2, 0.25) is 12.2 Å². The molecule has 0 radical (unpaired) electrons. The molecule has 0 spiro atoms. The van der Waals surface area contributed by atoms with E-state index in [4.69, 9.17) is 9.47 Å². The lowest BCUT2D eigenvalue weighted by atomic mass is 9.98. The Morgan fingerprint density at radius 2 is 1.72 bits per heavy atom. The largest absolute Gasteiger partial charge is 0.443 e. The number of hydrogen-bond acceptors (Lipinski definition) is 7. The fraction of sp³-hybridized carbons (Fsp3) is 0.571. The van der Waals surface area contributed by atoms with E-state index in [2.05, 4.69) is 41.4 Å². The average Bonchev–Trinajstić information content (AvgIpc) is 3.11. The summed E-state index contributed by atoms with van der Waals surface area (Å²) in [6.45, 7) is 5.66. The first-order chi connectivity index (χ1) is 13.8. The van der Waals surface area contributed by atoms with Gasteiger partial charge in [0.25, 0.3) is 0 Å². The first-order valence-electron chi connectivity index (χ1n) is 9.97. The smallest absolute Gasteiger partial charge is 0.238 e. The molecule has 3 rings (SSSR count). The molecule has 0 amide bonds. The van der Waals surface area contributed by atoms with E-state index < -0.39 is 37.3 Å². The summed E-state index contributed by atoms with van der Waals surface area (Å²) in [7, 11) is 0. The minimum Gasteiger partial charge on any atom is -0.443 e. The van der Waals surface area contributed by atoms with Gasteiger partial charge in [-0.15, -0.1) is 5.10 Å². The van der Waals surface area contributed by atoms with Crippen LogP contribution in [-0.4, -0.2) is 67.9 Å². The lowest BCUT2D eigenvalue weighted by molar-refractivity contribution is -0.278. The summed E-state index contributed by atoms with van der Waals surface area (Å²) in [6.07, 6.45) is -5.18. The second-order valence-electron chi connectivity index (χ2n) is 7.74. The molecule has 8 heteroatoms. The van der Waals surface area contributed by atoms with Crippen molar-refractivity contribution in [3.8, 4) is 5.88 Å². The molecule has 0 aliphatic carbocycles. The van der Waals surface area contributed by atoms with Gasteiger partial charge in [-0.2, -0.15) is 0 Å². The van der Waals surface area contributed by atoms with Crippen molar-refractivity contribution in [1.82, 2.24) is 10.2 Å². The van der Waals surface area contributed by atoms with Crippen LogP contribution in [0, 0.1) is 0 Å². The van der Waals surface area contributed by atoms with Crippen LogP contribution in [-0.2, 0) is 17.6 Å². The number of rotatable bonds is 7.